The average Bonchev–Trinajstić information content (AvgIpc) is 3.14. The third kappa shape index (κ3) is 5.13. The summed E-state index contributed by atoms with van der Waals surface area (Å²) in [6.07, 6.45) is 9.47. The number of aryl methyl sites for hydroxylation is 2. The summed E-state index contributed by atoms with van der Waals surface area (Å²) in [5.41, 5.74) is 6.28. The minimum atomic E-state index is -0.661. The van der Waals surface area contributed by atoms with Crippen molar-refractivity contribution in [2.75, 3.05) is 0 Å². The first-order valence-electron chi connectivity index (χ1n) is 10.5. The Balaban J connectivity index is 1.54. The molecule has 0 spiro atoms. The fraction of sp³-hybridized carbons (Fsp3) is 0.667. The lowest BCUT2D eigenvalue weighted by Gasteiger charge is -2.26. The van der Waals surface area contributed by atoms with Crippen LogP contribution >= 0.6 is 11.3 Å². The molecule has 3 N–H and O–H groups in total. The SMILES string of the molecule is CC(C)C(NC(=O)C1CCCCC1)C(=O)NNC(=O)c1cc2c(s1)CCCC2. The first-order valence-corrected chi connectivity index (χ1v) is 11.3. The highest BCUT2D eigenvalue weighted by Crippen LogP contribution is 2.29. The van der Waals surface area contributed by atoms with E-state index in [-0.39, 0.29) is 29.6 Å². The van der Waals surface area contributed by atoms with Crippen molar-refractivity contribution in [1.29, 1.82) is 0 Å². The Morgan fingerprint density at radius 3 is 2.39 bits per heavy atom. The summed E-state index contributed by atoms with van der Waals surface area (Å²) in [6, 6.07) is 1.28. The topological polar surface area (TPSA) is 87.3 Å². The van der Waals surface area contributed by atoms with Gasteiger partial charge in [-0.2, -0.15) is 0 Å². The van der Waals surface area contributed by atoms with E-state index in [1.165, 1.54) is 34.6 Å². The first kappa shape index (κ1) is 20.8. The lowest BCUT2D eigenvalue weighted by atomic mass is 9.88. The van der Waals surface area contributed by atoms with Gasteiger partial charge >= 0.3 is 0 Å². The van der Waals surface area contributed by atoms with E-state index < -0.39 is 6.04 Å². The fourth-order valence-electron chi connectivity index (χ4n) is 4.03. The molecule has 2 aliphatic rings. The lowest BCUT2D eigenvalue weighted by Crippen LogP contribution is -2.55. The molecule has 1 aromatic rings. The van der Waals surface area contributed by atoms with Crippen LogP contribution in [0.5, 0.6) is 0 Å². The van der Waals surface area contributed by atoms with Crippen LogP contribution in [0.1, 0.15) is 78.9 Å². The van der Waals surface area contributed by atoms with E-state index in [0.717, 1.165) is 44.9 Å². The van der Waals surface area contributed by atoms with Gasteiger partial charge in [0.25, 0.3) is 11.8 Å². The molecule has 0 radical (unpaired) electrons. The highest BCUT2D eigenvalue weighted by molar-refractivity contribution is 7.14. The Morgan fingerprint density at radius 2 is 1.71 bits per heavy atom. The quantitative estimate of drug-likeness (QED) is 0.658. The standard InChI is InChI=1S/C21H31N3O3S/c1-13(2)18(22-19(25)14-8-4-3-5-9-14)21(27)24-23-20(26)17-12-15-10-6-7-11-16(15)28-17/h12-14,18H,3-11H2,1-2H3,(H,22,25)(H,23,26)(H,24,27). The summed E-state index contributed by atoms with van der Waals surface area (Å²) in [5, 5.41) is 2.89. The molecule has 1 unspecified atom stereocenters. The number of hydrazine groups is 1. The summed E-state index contributed by atoms with van der Waals surface area (Å²) < 4.78 is 0. The molecule has 0 bridgehead atoms. The molecule has 0 aliphatic heterocycles. The molecule has 6 nitrogen and oxygen atoms in total. The van der Waals surface area contributed by atoms with E-state index in [1.807, 2.05) is 19.9 Å². The molecule has 0 aromatic carbocycles. The number of nitrogens with one attached hydrogen (secondary N) is 3. The predicted molar refractivity (Wildman–Crippen MR) is 110 cm³/mol. The van der Waals surface area contributed by atoms with Crippen molar-refractivity contribution < 1.29 is 14.4 Å². The third-order valence-electron chi connectivity index (χ3n) is 5.74. The summed E-state index contributed by atoms with van der Waals surface area (Å²) >= 11 is 1.51. The Hall–Kier alpha value is -1.89. The Kier molecular flexibility index (Phi) is 7.10. The van der Waals surface area contributed by atoms with E-state index in [9.17, 15) is 14.4 Å². The Morgan fingerprint density at radius 1 is 1.00 bits per heavy atom. The van der Waals surface area contributed by atoms with Crippen LogP contribution < -0.4 is 16.2 Å². The molecule has 3 amide bonds. The van der Waals surface area contributed by atoms with Gasteiger partial charge in [0.15, 0.2) is 0 Å². The van der Waals surface area contributed by atoms with Crippen LogP contribution in [0, 0.1) is 11.8 Å². The second-order valence-corrected chi connectivity index (χ2v) is 9.41. The summed E-state index contributed by atoms with van der Waals surface area (Å²) in [6.45, 7) is 3.78. The van der Waals surface area contributed by atoms with E-state index >= 15 is 0 Å². The highest BCUT2D eigenvalue weighted by Gasteiger charge is 2.29. The van der Waals surface area contributed by atoms with Crippen molar-refractivity contribution in [1.82, 2.24) is 16.2 Å². The van der Waals surface area contributed by atoms with Crippen LogP contribution in [-0.2, 0) is 22.4 Å². The molecule has 2 aliphatic carbocycles. The fourth-order valence-corrected chi connectivity index (χ4v) is 5.18. The normalized spacial score (nSPS) is 18.2. The predicted octanol–water partition coefficient (Wildman–Crippen LogP) is 3.11. The van der Waals surface area contributed by atoms with Crippen LogP contribution in [0.3, 0.4) is 0 Å². The molecule has 1 heterocycles. The van der Waals surface area contributed by atoms with E-state index in [2.05, 4.69) is 16.2 Å². The van der Waals surface area contributed by atoms with Gasteiger partial charge in [-0.15, -0.1) is 11.3 Å². The van der Waals surface area contributed by atoms with E-state index in [0.29, 0.717) is 4.88 Å². The summed E-state index contributed by atoms with van der Waals surface area (Å²) in [4.78, 5) is 39.4. The van der Waals surface area contributed by atoms with Gasteiger partial charge in [-0.05, 0) is 56.1 Å². The molecule has 1 aromatic heterocycles. The third-order valence-corrected chi connectivity index (χ3v) is 6.98. The minimum Gasteiger partial charge on any atom is -0.344 e. The number of carbonyl (C=O) groups excluding carboxylic acids is 3. The maximum Gasteiger partial charge on any atom is 0.279 e. The van der Waals surface area contributed by atoms with Crippen LogP contribution in [0.4, 0.5) is 0 Å². The Bertz CT molecular complexity index is 699. The maximum absolute atomic E-state index is 12.6. The van der Waals surface area contributed by atoms with Gasteiger partial charge in [0, 0.05) is 10.8 Å². The van der Waals surface area contributed by atoms with E-state index in [4.69, 9.17) is 0 Å². The van der Waals surface area contributed by atoms with Crippen LogP contribution in [-0.4, -0.2) is 23.8 Å². The smallest absolute Gasteiger partial charge is 0.279 e. The summed E-state index contributed by atoms with van der Waals surface area (Å²) in [7, 11) is 0. The zero-order chi connectivity index (χ0) is 20.1. The minimum absolute atomic E-state index is 0.00479. The first-order chi connectivity index (χ1) is 13.5. The highest BCUT2D eigenvalue weighted by atomic mass is 32.1. The zero-order valence-corrected chi connectivity index (χ0v) is 17.6. The maximum atomic E-state index is 12.6. The molecule has 1 saturated carbocycles. The van der Waals surface area contributed by atoms with Crippen molar-refractivity contribution in [3.05, 3.63) is 21.4 Å². The Labute approximate surface area is 170 Å². The number of rotatable bonds is 5. The van der Waals surface area contributed by atoms with Gasteiger partial charge in [0.2, 0.25) is 5.91 Å². The van der Waals surface area contributed by atoms with E-state index in [1.54, 1.807) is 0 Å². The monoisotopic (exact) mass is 405 g/mol. The molecule has 154 valence electrons. The molecule has 7 heteroatoms. The van der Waals surface area contributed by atoms with Crippen LogP contribution in [0.25, 0.3) is 0 Å². The van der Waals surface area contributed by atoms with Gasteiger partial charge in [-0.3, -0.25) is 25.2 Å². The second kappa shape index (κ2) is 9.54. The lowest BCUT2D eigenvalue weighted by molar-refractivity contribution is -0.133. The van der Waals surface area contributed by atoms with Gasteiger partial charge in [0.1, 0.15) is 6.04 Å². The van der Waals surface area contributed by atoms with Gasteiger partial charge < -0.3 is 5.32 Å². The number of amides is 3. The van der Waals surface area contributed by atoms with Gasteiger partial charge in [0.05, 0.1) is 4.88 Å². The second-order valence-electron chi connectivity index (χ2n) is 8.27. The molecule has 28 heavy (non-hydrogen) atoms. The largest absolute Gasteiger partial charge is 0.344 e. The van der Waals surface area contributed by atoms with Crippen molar-refractivity contribution >= 4 is 29.1 Å². The summed E-state index contributed by atoms with van der Waals surface area (Å²) in [5.74, 6) is -0.804. The molecule has 0 saturated heterocycles. The van der Waals surface area contributed by atoms with Crippen molar-refractivity contribution in [2.24, 2.45) is 11.8 Å². The number of hydrogen-bond donors (Lipinski definition) is 3. The molecule has 3 rings (SSSR count). The average molecular weight is 406 g/mol. The molecular formula is C21H31N3O3S. The molecule has 1 fully saturated rings. The zero-order valence-electron chi connectivity index (χ0n) is 16.8. The van der Waals surface area contributed by atoms with Crippen LogP contribution in [0.2, 0.25) is 0 Å². The number of fused-ring (bicyclic) bond motifs is 1. The molecular weight excluding hydrogens is 374 g/mol. The molecule has 1 atom stereocenters. The number of thiophene rings is 1. The number of hydrogen-bond acceptors (Lipinski definition) is 4. The van der Waals surface area contributed by atoms with Crippen molar-refractivity contribution in [2.45, 2.75) is 77.7 Å². The van der Waals surface area contributed by atoms with Crippen molar-refractivity contribution in [3.8, 4) is 0 Å². The van der Waals surface area contributed by atoms with Crippen LogP contribution in [0.15, 0.2) is 6.07 Å². The van der Waals surface area contributed by atoms with Gasteiger partial charge in [-0.1, -0.05) is 33.1 Å². The van der Waals surface area contributed by atoms with Gasteiger partial charge in [-0.25, -0.2) is 0 Å². The van der Waals surface area contributed by atoms with Crippen molar-refractivity contribution in [3.63, 3.8) is 0 Å². The number of carbonyl (C=O) groups is 3.